The number of fused-ring (bicyclic) bond motifs is 1. The van der Waals surface area contributed by atoms with Crippen LogP contribution in [0.2, 0.25) is 0 Å². The van der Waals surface area contributed by atoms with Crippen LogP contribution in [0.5, 0.6) is 0 Å². The third-order valence-electron chi connectivity index (χ3n) is 3.60. The summed E-state index contributed by atoms with van der Waals surface area (Å²) in [7, 11) is 0. The number of carbonyl (C=O) groups is 2. The van der Waals surface area contributed by atoms with E-state index in [4.69, 9.17) is 4.74 Å². The summed E-state index contributed by atoms with van der Waals surface area (Å²) in [6.07, 6.45) is -4.59. The van der Waals surface area contributed by atoms with Gasteiger partial charge in [-0.25, -0.2) is 14.6 Å². The van der Waals surface area contributed by atoms with E-state index in [-0.39, 0.29) is 17.4 Å². The van der Waals surface area contributed by atoms with Crippen molar-refractivity contribution in [2.75, 3.05) is 17.2 Å². The number of alkyl halides is 3. The molecule has 28 heavy (non-hydrogen) atoms. The maximum atomic E-state index is 13.0. The number of anilines is 2. The number of hydrogen-bond acceptors (Lipinski definition) is 5. The van der Waals surface area contributed by atoms with Gasteiger partial charge in [-0.2, -0.15) is 13.2 Å². The van der Waals surface area contributed by atoms with Crippen LogP contribution in [0.1, 0.15) is 22.8 Å². The van der Waals surface area contributed by atoms with E-state index in [1.807, 2.05) is 0 Å². The Morgan fingerprint density at radius 1 is 1.14 bits per heavy atom. The van der Waals surface area contributed by atoms with Crippen molar-refractivity contribution in [1.82, 2.24) is 4.98 Å². The maximum Gasteiger partial charge on any atom is 0.418 e. The second-order valence-corrected chi connectivity index (χ2v) is 6.58. The minimum absolute atomic E-state index is 0.179. The van der Waals surface area contributed by atoms with Crippen LogP contribution in [0.3, 0.4) is 0 Å². The fourth-order valence-corrected chi connectivity index (χ4v) is 3.31. The Labute approximate surface area is 161 Å². The van der Waals surface area contributed by atoms with E-state index in [0.29, 0.717) is 15.8 Å². The van der Waals surface area contributed by atoms with E-state index in [9.17, 15) is 22.8 Å². The average Bonchev–Trinajstić information content (AvgIpc) is 3.02. The standard InChI is InChI=1S/C18H14F3N3O3S/c1-2-27-15(25)10-7-8-13-14(9-10)28-17(23-13)24-16(26)22-12-6-4-3-5-11(12)18(19,20)21/h3-9H,2H2,1H3,(H2,22,23,24,26). The number of thiazole rings is 1. The van der Waals surface area contributed by atoms with E-state index in [2.05, 4.69) is 15.6 Å². The van der Waals surface area contributed by atoms with Crippen molar-refractivity contribution < 1.29 is 27.5 Å². The lowest BCUT2D eigenvalue weighted by Crippen LogP contribution is -2.21. The SMILES string of the molecule is CCOC(=O)c1ccc2nc(NC(=O)Nc3ccccc3C(F)(F)F)sc2c1. The highest BCUT2D eigenvalue weighted by Crippen LogP contribution is 2.34. The Balaban J connectivity index is 1.76. The molecular formula is C18H14F3N3O3S. The Bertz CT molecular complexity index is 1030. The summed E-state index contributed by atoms with van der Waals surface area (Å²) >= 11 is 1.08. The molecule has 0 atom stereocenters. The molecular weight excluding hydrogens is 395 g/mol. The molecule has 0 aliphatic carbocycles. The number of rotatable bonds is 4. The van der Waals surface area contributed by atoms with Crippen molar-refractivity contribution >= 4 is 44.4 Å². The Morgan fingerprint density at radius 3 is 2.61 bits per heavy atom. The van der Waals surface area contributed by atoms with Gasteiger partial charge < -0.3 is 10.1 Å². The van der Waals surface area contributed by atoms with Crippen LogP contribution in [0, 0.1) is 0 Å². The van der Waals surface area contributed by atoms with Gasteiger partial charge in [0.05, 0.1) is 33.6 Å². The number of amides is 2. The van der Waals surface area contributed by atoms with Gasteiger partial charge in [0.25, 0.3) is 0 Å². The summed E-state index contributed by atoms with van der Waals surface area (Å²) in [5, 5.41) is 4.76. The summed E-state index contributed by atoms with van der Waals surface area (Å²) in [5.74, 6) is -0.478. The number of esters is 1. The molecule has 1 heterocycles. The van der Waals surface area contributed by atoms with E-state index in [1.165, 1.54) is 12.1 Å². The lowest BCUT2D eigenvalue weighted by Gasteiger charge is -2.13. The van der Waals surface area contributed by atoms with Crippen molar-refractivity contribution in [3.63, 3.8) is 0 Å². The molecule has 1 aromatic heterocycles. The fourth-order valence-electron chi connectivity index (χ4n) is 2.41. The van der Waals surface area contributed by atoms with Gasteiger partial charge in [-0.1, -0.05) is 23.5 Å². The highest BCUT2D eigenvalue weighted by molar-refractivity contribution is 7.22. The van der Waals surface area contributed by atoms with Gasteiger partial charge >= 0.3 is 18.2 Å². The summed E-state index contributed by atoms with van der Waals surface area (Å²) < 4.78 is 44.6. The molecule has 2 aromatic carbocycles. The number of halogens is 3. The van der Waals surface area contributed by atoms with Crippen molar-refractivity contribution in [3.05, 3.63) is 53.6 Å². The van der Waals surface area contributed by atoms with E-state index < -0.39 is 23.7 Å². The predicted molar refractivity (Wildman–Crippen MR) is 99.7 cm³/mol. The lowest BCUT2D eigenvalue weighted by atomic mass is 10.1. The van der Waals surface area contributed by atoms with Gasteiger partial charge in [-0.3, -0.25) is 5.32 Å². The molecule has 0 bridgehead atoms. The van der Waals surface area contributed by atoms with Gasteiger partial charge in [0, 0.05) is 0 Å². The Hall–Kier alpha value is -3.14. The molecule has 0 fully saturated rings. The van der Waals surface area contributed by atoms with E-state index in [1.54, 1.807) is 25.1 Å². The third-order valence-corrected chi connectivity index (χ3v) is 4.53. The quantitative estimate of drug-likeness (QED) is 0.585. The molecule has 3 rings (SSSR count). The molecule has 2 amide bonds. The number of urea groups is 1. The highest BCUT2D eigenvalue weighted by atomic mass is 32.1. The number of aromatic nitrogens is 1. The zero-order valence-electron chi connectivity index (χ0n) is 14.5. The second-order valence-electron chi connectivity index (χ2n) is 5.54. The predicted octanol–water partition coefficient (Wildman–Crippen LogP) is 5.14. The van der Waals surface area contributed by atoms with Crippen molar-refractivity contribution in [1.29, 1.82) is 0 Å². The number of nitrogens with one attached hydrogen (secondary N) is 2. The van der Waals surface area contributed by atoms with Crippen LogP contribution in [0.4, 0.5) is 28.8 Å². The number of nitrogens with zero attached hydrogens (tertiary/aromatic N) is 1. The molecule has 3 aromatic rings. The van der Waals surface area contributed by atoms with Gasteiger partial charge in [-0.15, -0.1) is 0 Å². The molecule has 0 saturated heterocycles. The largest absolute Gasteiger partial charge is 0.462 e. The topological polar surface area (TPSA) is 80.3 Å². The van der Waals surface area contributed by atoms with Crippen molar-refractivity contribution in [3.8, 4) is 0 Å². The van der Waals surface area contributed by atoms with E-state index in [0.717, 1.165) is 23.5 Å². The number of para-hydroxylation sites is 1. The maximum absolute atomic E-state index is 13.0. The van der Waals surface area contributed by atoms with Crippen molar-refractivity contribution in [2.24, 2.45) is 0 Å². The zero-order valence-corrected chi connectivity index (χ0v) is 15.3. The molecule has 146 valence electrons. The van der Waals surface area contributed by atoms with Gasteiger partial charge in [0.1, 0.15) is 0 Å². The van der Waals surface area contributed by atoms with Crippen LogP contribution >= 0.6 is 11.3 Å². The summed E-state index contributed by atoms with van der Waals surface area (Å²) in [6, 6.07) is 8.52. The minimum atomic E-state index is -4.59. The average molecular weight is 409 g/mol. The van der Waals surface area contributed by atoms with Crippen LogP contribution in [-0.4, -0.2) is 23.6 Å². The molecule has 6 nitrogen and oxygen atoms in total. The third kappa shape index (κ3) is 4.39. The second kappa shape index (κ2) is 7.85. The van der Waals surface area contributed by atoms with Crippen LogP contribution in [0.25, 0.3) is 10.2 Å². The molecule has 0 unspecified atom stereocenters. The molecule has 0 saturated carbocycles. The van der Waals surface area contributed by atoms with Crippen LogP contribution < -0.4 is 10.6 Å². The van der Waals surface area contributed by atoms with E-state index >= 15 is 0 Å². The molecule has 0 radical (unpaired) electrons. The minimum Gasteiger partial charge on any atom is -0.462 e. The number of benzene rings is 2. The Morgan fingerprint density at radius 2 is 1.89 bits per heavy atom. The number of ether oxygens (including phenoxy) is 1. The first-order valence-corrected chi connectivity index (χ1v) is 8.91. The fraction of sp³-hybridized carbons (Fsp3) is 0.167. The normalized spacial score (nSPS) is 11.3. The molecule has 0 aliphatic heterocycles. The first kappa shape index (κ1) is 19.6. The van der Waals surface area contributed by atoms with Gasteiger partial charge in [0.15, 0.2) is 5.13 Å². The number of carbonyl (C=O) groups excluding carboxylic acids is 2. The molecule has 10 heteroatoms. The lowest BCUT2D eigenvalue weighted by molar-refractivity contribution is -0.136. The number of hydrogen-bond donors (Lipinski definition) is 2. The molecule has 0 spiro atoms. The van der Waals surface area contributed by atoms with Gasteiger partial charge in [-0.05, 0) is 37.3 Å². The molecule has 0 aliphatic rings. The summed E-state index contributed by atoms with van der Waals surface area (Å²) in [6.45, 7) is 1.94. The first-order chi connectivity index (χ1) is 13.3. The summed E-state index contributed by atoms with van der Waals surface area (Å²) in [4.78, 5) is 28.1. The zero-order chi connectivity index (χ0) is 20.3. The monoisotopic (exact) mass is 409 g/mol. The molecule has 2 N–H and O–H groups in total. The highest BCUT2D eigenvalue weighted by Gasteiger charge is 2.33. The van der Waals surface area contributed by atoms with Gasteiger partial charge in [0.2, 0.25) is 0 Å². The van der Waals surface area contributed by atoms with Crippen molar-refractivity contribution in [2.45, 2.75) is 13.1 Å². The summed E-state index contributed by atoms with van der Waals surface area (Å²) in [5.41, 5.74) is -0.441. The van der Waals surface area contributed by atoms with Crippen LogP contribution in [-0.2, 0) is 10.9 Å². The Kier molecular flexibility index (Phi) is 5.50. The first-order valence-electron chi connectivity index (χ1n) is 8.10. The van der Waals surface area contributed by atoms with Crippen LogP contribution in [0.15, 0.2) is 42.5 Å². The smallest absolute Gasteiger partial charge is 0.418 e.